The van der Waals surface area contributed by atoms with Crippen molar-refractivity contribution in [1.29, 1.82) is 0 Å². The van der Waals surface area contributed by atoms with Gasteiger partial charge in [0.1, 0.15) is 0 Å². The molecule has 0 aliphatic rings. The second kappa shape index (κ2) is 17.3. The Morgan fingerprint density at radius 2 is 1.22 bits per heavy atom. The minimum Gasteiger partial charge on any atom is -0.377 e. The Labute approximate surface area is 136 Å². The Balaban J connectivity index is -0.000000327. The molecule has 0 fully saturated rings. The lowest BCUT2D eigenvalue weighted by molar-refractivity contribution is 0.323. The van der Waals surface area contributed by atoms with E-state index in [-0.39, 0.29) is 37.2 Å². The van der Waals surface area contributed by atoms with Gasteiger partial charge in [-0.1, -0.05) is 37.4 Å². The number of nitrogens with zero attached hydrogens (tertiary/aromatic N) is 3. The van der Waals surface area contributed by atoms with E-state index >= 15 is 0 Å². The largest absolute Gasteiger partial charge is 0.377 e. The van der Waals surface area contributed by atoms with Gasteiger partial charge in [-0.05, 0) is 18.4 Å². The zero-order chi connectivity index (χ0) is 11.7. The molecule has 18 heavy (non-hydrogen) atoms. The van der Waals surface area contributed by atoms with Gasteiger partial charge in [-0.2, -0.15) is 5.12 Å². The number of thioether (sulfide) groups is 2. The van der Waals surface area contributed by atoms with Crippen LogP contribution in [0.2, 0.25) is 0 Å². The van der Waals surface area contributed by atoms with Gasteiger partial charge in [0.25, 0.3) is 0 Å². The molecule has 0 amide bonds. The van der Waals surface area contributed by atoms with Crippen molar-refractivity contribution in [3.05, 3.63) is 0 Å². The van der Waals surface area contributed by atoms with Crippen LogP contribution in [-0.2, 0) is 0 Å². The first kappa shape index (κ1) is 26.8. The average Bonchev–Trinajstić information content (AvgIpc) is 2.17. The minimum atomic E-state index is 0. The molecule has 0 unspecified atom stereocenters. The van der Waals surface area contributed by atoms with Crippen LogP contribution in [0.4, 0.5) is 0 Å². The first-order valence-corrected chi connectivity index (χ1v) is 6.82. The van der Waals surface area contributed by atoms with E-state index in [2.05, 4.69) is 10.2 Å². The summed E-state index contributed by atoms with van der Waals surface area (Å²) in [6.45, 7) is 6.64. The molecular weight excluding hydrogens is 337 g/mol. The molecule has 0 aromatic heterocycles. The molecule has 0 saturated carbocycles. The lowest BCUT2D eigenvalue weighted by Gasteiger charge is -2.11. The van der Waals surface area contributed by atoms with E-state index in [1.165, 1.54) is 28.6 Å². The highest BCUT2D eigenvalue weighted by molar-refractivity contribution is 8.14. The van der Waals surface area contributed by atoms with Crippen LogP contribution in [0.1, 0.15) is 20.8 Å². The van der Waals surface area contributed by atoms with Gasteiger partial charge >= 0.3 is 0 Å². The molecule has 0 radical (unpaired) electrons. The second-order valence-corrected chi connectivity index (χ2v) is 5.00. The van der Waals surface area contributed by atoms with E-state index in [4.69, 9.17) is 11.5 Å². The van der Waals surface area contributed by atoms with Crippen molar-refractivity contribution in [3.63, 3.8) is 0 Å². The van der Waals surface area contributed by atoms with Crippen LogP contribution in [0.5, 0.6) is 0 Å². The van der Waals surface area contributed by atoms with Gasteiger partial charge in [0.15, 0.2) is 10.3 Å². The molecule has 5 nitrogen and oxygen atoms in total. The lowest BCUT2D eigenvalue weighted by Crippen LogP contribution is -2.20. The second-order valence-electron chi connectivity index (χ2n) is 2.43. The highest BCUT2D eigenvalue weighted by Crippen LogP contribution is 2.04. The zero-order valence-corrected chi connectivity index (χ0v) is 14.7. The fraction of sp³-hybridized carbons (Fsp3) is 0.750. The summed E-state index contributed by atoms with van der Waals surface area (Å²) in [7, 11) is 0. The Morgan fingerprint density at radius 1 is 0.889 bits per heavy atom. The van der Waals surface area contributed by atoms with Gasteiger partial charge in [0, 0.05) is 0 Å². The molecule has 0 heterocycles. The Bertz CT molecular complexity index is 219. The fourth-order valence-corrected chi connectivity index (χ4v) is 1.64. The summed E-state index contributed by atoms with van der Waals surface area (Å²) < 4.78 is 0. The van der Waals surface area contributed by atoms with E-state index < -0.39 is 0 Å². The third kappa shape index (κ3) is 14.4. The van der Waals surface area contributed by atoms with Crippen molar-refractivity contribution in [1.82, 2.24) is 5.12 Å². The number of nitrogens with two attached hydrogens (primary N) is 2. The summed E-state index contributed by atoms with van der Waals surface area (Å²) in [5, 5.41) is 10.8. The van der Waals surface area contributed by atoms with E-state index in [1.807, 2.05) is 20.8 Å². The summed E-state index contributed by atoms with van der Waals surface area (Å²) in [6, 6.07) is 0. The zero-order valence-electron chi connectivity index (χ0n) is 10.7. The summed E-state index contributed by atoms with van der Waals surface area (Å²) in [6.07, 6.45) is 0. The number of hydrogen-bond donors (Lipinski definition) is 2. The van der Waals surface area contributed by atoms with E-state index in [0.29, 0.717) is 16.9 Å². The summed E-state index contributed by atoms with van der Waals surface area (Å²) in [5.41, 5.74) is 11.3. The SMILES string of the molecule is CCS/C(N)=N/N(CC)/N=C(\N)SCC.Cl.Cl.Cl. The maximum absolute atomic E-state index is 5.66. The third-order valence-electron chi connectivity index (χ3n) is 1.30. The monoisotopic (exact) mass is 357 g/mol. The first-order valence-electron chi connectivity index (χ1n) is 4.85. The van der Waals surface area contributed by atoms with Crippen LogP contribution in [-0.4, -0.2) is 33.5 Å². The topological polar surface area (TPSA) is 80.0 Å². The molecule has 0 spiro atoms. The van der Waals surface area contributed by atoms with Gasteiger partial charge in [-0.3, -0.25) is 0 Å². The van der Waals surface area contributed by atoms with Gasteiger partial charge in [-0.25, -0.2) is 0 Å². The van der Waals surface area contributed by atoms with Gasteiger partial charge in [0.05, 0.1) is 6.54 Å². The van der Waals surface area contributed by atoms with Crippen molar-refractivity contribution in [2.24, 2.45) is 21.7 Å². The summed E-state index contributed by atoms with van der Waals surface area (Å²) in [5.74, 6) is 1.80. The van der Waals surface area contributed by atoms with Crippen molar-refractivity contribution in [3.8, 4) is 0 Å². The molecule has 0 aromatic rings. The Hall–Kier alpha value is 0.310. The summed E-state index contributed by atoms with van der Waals surface area (Å²) >= 11 is 2.97. The number of rotatable bonds is 5. The Kier molecular flexibility index (Phi) is 25.8. The molecule has 0 bridgehead atoms. The maximum Gasteiger partial charge on any atom is 0.180 e. The van der Waals surface area contributed by atoms with Crippen molar-refractivity contribution < 1.29 is 0 Å². The van der Waals surface area contributed by atoms with Crippen LogP contribution < -0.4 is 11.5 Å². The molecule has 10 heteroatoms. The molecule has 0 aliphatic heterocycles. The number of amidine groups is 2. The number of hydrazone groups is 2. The molecule has 0 saturated heterocycles. The molecular formula is C8H22Cl3N5S2. The van der Waals surface area contributed by atoms with Crippen LogP contribution in [0.3, 0.4) is 0 Å². The minimum absolute atomic E-state index is 0. The van der Waals surface area contributed by atoms with E-state index in [9.17, 15) is 0 Å². The molecule has 0 rings (SSSR count). The highest BCUT2D eigenvalue weighted by atomic mass is 35.5. The smallest absolute Gasteiger partial charge is 0.180 e. The van der Waals surface area contributed by atoms with E-state index in [0.717, 1.165) is 11.5 Å². The molecule has 112 valence electrons. The maximum atomic E-state index is 5.66. The van der Waals surface area contributed by atoms with Gasteiger partial charge < -0.3 is 11.5 Å². The molecule has 4 N–H and O–H groups in total. The fourth-order valence-electron chi connectivity index (χ4n) is 0.745. The van der Waals surface area contributed by atoms with Gasteiger partial charge in [0.2, 0.25) is 0 Å². The average molecular weight is 359 g/mol. The van der Waals surface area contributed by atoms with Crippen LogP contribution in [0.15, 0.2) is 10.2 Å². The van der Waals surface area contributed by atoms with Crippen molar-refractivity contribution >= 4 is 71.1 Å². The van der Waals surface area contributed by atoms with Gasteiger partial charge in [-0.15, -0.1) is 47.4 Å². The predicted octanol–water partition coefficient (Wildman–Crippen LogP) is 2.54. The Morgan fingerprint density at radius 3 is 1.44 bits per heavy atom. The van der Waals surface area contributed by atoms with Crippen LogP contribution in [0.25, 0.3) is 0 Å². The number of halogens is 3. The standard InChI is InChI=1S/C8H19N5S2.3ClH/c1-4-13(11-7(9)14-5-2)12-8(10)15-6-3;;;/h4-6H2,1-3H3,(H2,9,11)(H2,10,12);3*1H. The molecule has 0 atom stereocenters. The highest BCUT2D eigenvalue weighted by Gasteiger charge is 1.99. The summed E-state index contributed by atoms with van der Waals surface area (Å²) in [4.78, 5) is 0. The lowest BCUT2D eigenvalue weighted by atomic mass is 10.8. The normalized spacial score (nSPS) is 10.8. The van der Waals surface area contributed by atoms with E-state index in [1.54, 1.807) is 0 Å². The van der Waals surface area contributed by atoms with Crippen LogP contribution in [0, 0.1) is 0 Å². The van der Waals surface area contributed by atoms with Crippen LogP contribution >= 0.6 is 60.7 Å². The van der Waals surface area contributed by atoms with Crippen molar-refractivity contribution in [2.75, 3.05) is 18.1 Å². The molecule has 0 aliphatic carbocycles. The number of hydrogen-bond acceptors (Lipinski definition) is 5. The third-order valence-corrected chi connectivity index (χ3v) is 2.63. The van der Waals surface area contributed by atoms with Crippen molar-refractivity contribution in [2.45, 2.75) is 20.8 Å². The predicted molar refractivity (Wildman–Crippen MR) is 93.6 cm³/mol. The first-order chi connectivity index (χ1) is 7.13. The quantitative estimate of drug-likeness (QED) is 0.448. The molecule has 0 aromatic carbocycles.